The molecule has 0 fully saturated rings. The fraction of sp³-hybridized carbons (Fsp3) is 0.400. The van der Waals surface area contributed by atoms with Gasteiger partial charge in [0.15, 0.2) is 5.96 Å². The molecule has 3 rings (SSSR count). The van der Waals surface area contributed by atoms with Gasteiger partial charge in [-0.25, -0.2) is 4.98 Å². The van der Waals surface area contributed by atoms with Crippen molar-refractivity contribution in [1.82, 2.24) is 25.5 Å². The third-order valence-electron chi connectivity index (χ3n) is 5.56. The Morgan fingerprint density at radius 1 is 1.16 bits per heavy atom. The lowest BCUT2D eigenvalue weighted by atomic mass is 10.1. The lowest BCUT2D eigenvalue weighted by Crippen LogP contribution is -2.37. The van der Waals surface area contributed by atoms with E-state index in [2.05, 4.69) is 43.5 Å². The van der Waals surface area contributed by atoms with Gasteiger partial charge >= 0.3 is 0 Å². The maximum absolute atomic E-state index is 12.4. The van der Waals surface area contributed by atoms with Crippen molar-refractivity contribution < 1.29 is 4.79 Å². The molecule has 3 N–H and O–H groups in total. The second-order valence-electron chi connectivity index (χ2n) is 7.99. The van der Waals surface area contributed by atoms with Gasteiger partial charge in [0.2, 0.25) is 0 Å². The van der Waals surface area contributed by atoms with Gasteiger partial charge in [-0.3, -0.25) is 9.79 Å². The number of aliphatic imine (C=N–C) groups is 1. The highest BCUT2D eigenvalue weighted by Crippen LogP contribution is 2.15. The zero-order valence-corrected chi connectivity index (χ0v) is 19.5. The minimum absolute atomic E-state index is 0.0361. The van der Waals surface area contributed by atoms with Crippen LogP contribution in [0.3, 0.4) is 0 Å². The molecule has 0 radical (unpaired) electrons. The molecule has 0 aliphatic carbocycles. The molecule has 0 saturated heterocycles. The van der Waals surface area contributed by atoms with Crippen molar-refractivity contribution in [3.8, 4) is 0 Å². The number of amides is 1. The van der Waals surface area contributed by atoms with E-state index >= 15 is 0 Å². The van der Waals surface area contributed by atoms with E-state index in [9.17, 15) is 4.79 Å². The number of hydrogen-bond donors (Lipinski definition) is 3. The van der Waals surface area contributed by atoms with Crippen LogP contribution >= 0.6 is 0 Å². The Morgan fingerprint density at radius 3 is 2.75 bits per heavy atom. The lowest BCUT2D eigenvalue weighted by molar-refractivity contribution is 0.0939. The number of nitrogens with one attached hydrogen (secondary N) is 3. The Bertz CT molecular complexity index is 1070. The van der Waals surface area contributed by atoms with Crippen molar-refractivity contribution in [1.29, 1.82) is 0 Å². The Morgan fingerprint density at radius 2 is 1.97 bits per heavy atom. The second-order valence-corrected chi connectivity index (χ2v) is 7.99. The fourth-order valence-corrected chi connectivity index (χ4v) is 3.56. The van der Waals surface area contributed by atoms with E-state index in [1.54, 1.807) is 7.05 Å². The largest absolute Gasteiger partial charge is 0.356 e. The molecule has 7 heteroatoms. The van der Waals surface area contributed by atoms with Crippen LogP contribution in [0.2, 0.25) is 0 Å². The third kappa shape index (κ3) is 6.09. The van der Waals surface area contributed by atoms with Gasteiger partial charge in [-0.2, -0.15) is 0 Å². The average molecular weight is 435 g/mol. The van der Waals surface area contributed by atoms with Crippen LogP contribution in [-0.4, -0.2) is 41.1 Å². The molecule has 32 heavy (non-hydrogen) atoms. The standard InChI is InChI=1S/C25H34N6O/c1-5-18(2)29-24(32)21-11-8-10-20(16-21)17-28-25(26-4)27-14-9-15-31-19(3)30-22-12-6-7-13-23(22)31/h6-8,10-13,16,18H,5,9,14-15,17H2,1-4H3,(H,29,32)(H2,26,27,28). The number of rotatable bonds is 9. The summed E-state index contributed by atoms with van der Waals surface area (Å²) in [6.45, 7) is 8.39. The van der Waals surface area contributed by atoms with Crippen LogP contribution in [0.25, 0.3) is 11.0 Å². The number of hydrogen-bond acceptors (Lipinski definition) is 3. The summed E-state index contributed by atoms with van der Waals surface area (Å²) in [5.41, 5.74) is 3.92. The van der Waals surface area contributed by atoms with Gasteiger partial charge in [-0.15, -0.1) is 0 Å². The first-order valence-corrected chi connectivity index (χ1v) is 11.3. The summed E-state index contributed by atoms with van der Waals surface area (Å²) in [6, 6.07) is 16.1. The van der Waals surface area contributed by atoms with Crippen molar-refractivity contribution in [3.05, 3.63) is 65.5 Å². The number of para-hydroxylation sites is 2. The third-order valence-corrected chi connectivity index (χ3v) is 5.56. The Labute approximate surface area is 190 Å². The van der Waals surface area contributed by atoms with Crippen molar-refractivity contribution in [2.24, 2.45) is 4.99 Å². The minimum atomic E-state index is -0.0361. The molecule has 1 atom stereocenters. The molecule has 0 saturated carbocycles. The molecule has 3 aromatic rings. The molecule has 1 amide bonds. The first-order valence-electron chi connectivity index (χ1n) is 11.3. The fourth-order valence-electron chi connectivity index (χ4n) is 3.56. The van der Waals surface area contributed by atoms with Crippen molar-refractivity contribution in [2.45, 2.75) is 52.7 Å². The predicted molar refractivity (Wildman–Crippen MR) is 131 cm³/mol. The number of aromatic nitrogens is 2. The Balaban J connectivity index is 1.47. The average Bonchev–Trinajstić information content (AvgIpc) is 3.13. The van der Waals surface area contributed by atoms with Crippen LogP contribution in [0.4, 0.5) is 0 Å². The number of benzene rings is 2. The molecule has 2 aromatic carbocycles. The van der Waals surface area contributed by atoms with Crippen LogP contribution in [0.1, 0.15) is 48.4 Å². The molecule has 0 bridgehead atoms. The molecular formula is C25H34N6O. The van der Waals surface area contributed by atoms with Gasteiger partial charge in [-0.1, -0.05) is 31.2 Å². The lowest BCUT2D eigenvalue weighted by Gasteiger charge is -2.14. The van der Waals surface area contributed by atoms with Gasteiger partial charge in [0, 0.05) is 38.3 Å². The summed E-state index contributed by atoms with van der Waals surface area (Å²) in [6.07, 6.45) is 1.86. The smallest absolute Gasteiger partial charge is 0.251 e. The maximum atomic E-state index is 12.4. The molecule has 1 aromatic heterocycles. The number of fused-ring (bicyclic) bond motifs is 1. The van der Waals surface area contributed by atoms with Gasteiger partial charge in [0.25, 0.3) is 5.91 Å². The van der Waals surface area contributed by atoms with Gasteiger partial charge < -0.3 is 20.5 Å². The summed E-state index contributed by atoms with van der Waals surface area (Å²) in [5, 5.41) is 9.70. The number of imidazole rings is 1. The normalized spacial score (nSPS) is 12.6. The summed E-state index contributed by atoms with van der Waals surface area (Å²) in [7, 11) is 1.76. The highest BCUT2D eigenvalue weighted by molar-refractivity contribution is 5.94. The maximum Gasteiger partial charge on any atom is 0.251 e. The second kappa shape index (κ2) is 11.3. The van der Waals surface area contributed by atoms with Crippen LogP contribution in [0.15, 0.2) is 53.5 Å². The van der Waals surface area contributed by atoms with Crippen LogP contribution < -0.4 is 16.0 Å². The van der Waals surface area contributed by atoms with E-state index in [1.807, 2.05) is 56.3 Å². The van der Waals surface area contributed by atoms with Crippen LogP contribution in [0, 0.1) is 6.92 Å². The highest BCUT2D eigenvalue weighted by atomic mass is 16.1. The van der Waals surface area contributed by atoms with Gasteiger partial charge in [0.05, 0.1) is 11.0 Å². The summed E-state index contributed by atoms with van der Waals surface area (Å²) in [5.74, 6) is 1.74. The molecular weight excluding hydrogens is 400 g/mol. The Kier molecular flexibility index (Phi) is 8.25. The first-order chi connectivity index (χ1) is 15.5. The van der Waals surface area contributed by atoms with Crippen LogP contribution in [0.5, 0.6) is 0 Å². The minimum Gasteiger partial charge on any atom is -0.356 e. The van der Waals surface area contributed by atoms with E-state index < -0.39 is 0 Å². The first kappa shape index (κ1) is 23.3. The number of carbonyl (C=O) groups excluding carboxylic acids is 1. The van der Waals surface area contributed by atoms with E-state index in [0.717, 1.165) is 48.8 Å². The molecule has 1 heterocycles. The monoisotopic (exact) mass is 434 g/mol. The van der Waals surface area contributed by atoms with Crippen molar-refractivity contribution in [3.63, 3.8) is 0 Å². The van der Waals surface area contributed by atoms with Gasteiger partial charge in [-0.05, 0) is 56.5 Å². The van der Waals surface area contributed by atoms with Gasteiger partial charge in [0.1, 0.15) is 5.82 Å². The molecule has 0 aliphatic rings. The predicted octanol–water partition coefficient (Wildman–Crippen LogP) is 3.63. The zero-order chi connectivity index (χ0) is 22.9. The quantitative estimate of drug-likeness (QED) is 0.273. The summed E-state index contributed by atoms with van der Waals surface area (Å²) >= 11 is 0. The zero-order valence-electron chi connectivity index (χ0n) is 19.5. The van der Waals surface area contributed by atoms with Crippen molar-refractivity contribution in [2.75, 3.05) is 13.6 Å². The van der Waals surface area contributed by atoms with Crippen molar-refractivity contribution >= 4 is 22.9 Å². The number of nitrogens with zero attached hydrogens (tertiary/aromatic N) is 3. The van der Waals surface area contributed by atoms with E-state index in [0.29, 0.717) is 12.1 Å². The number of carbonyl (C=O) groups is 1. The highest BCUT2D eigenvalue weighted by Gasteiger charge is 2.09. The van der Waals surface area contributed by atoms with Crippen LogP contribution in [-0.2, 0) is 13.1 Å². The number of guanidine groups is 1. The summed E-state index contributed by atoms with van der Waals surface area (Å²) < 4.78 is 2.25. The molecule has 170 valence electrons. The molecule has 0 aliphatic heterocycles. The number of aryl methyl sites for hydroxylation is 2. The SMILES string of the molecule is CCC(C)NC(=O)c1cccc(CNC(=NC)NCCCn2c(C)nc3ccccc32)c1. The Hall–Kier alpha value is -3.35. The van der Waals surface area contributed by atoms with E-state index in [-0.39, 0.29) is 11.9 Å². The molecule has 0 spiro atoms. The van der Waals surface area contributed by atoms with E-state index in [1.165, 1.54) is 5.52 Å². The molecule has 7 nitrogen and oxygen atoms in total. The van der Waals surface area contributed by atoms with E-state index in [4.69, 9.17) is 0 Å². The summed E-state index contributed by atoms with van der Waals surface area (Å²) in [4.78, 5) is 21.3. The topological polar surface area (TPSA) is 83.3 Å². The molecule has 1 unspecified atom stereocenters.